The molecule has 0 bridgehead atoms. The molecule has 0 amide bonds. The third kappa shape index (κ3) is 3.20. The highest BCUT2D eigenvalue weighted by molar-refractivity contribution is 5.36. The first-order chi connectivity index (χ1) is 8.16. The van der Waals surface area contributed by atoms with Crippen molar-refractivity contribution in [2.45, 2.75) is 38.9 Å². The van der Waals surface area contributed by atoms with E-state index in [1.807, 2.05) is 25.1 Å². The maximum Gasteiger partial charge on any atom is 0.122 e. The zero-order valence-electron chi connectivity index (χ0n) is 10.5. The molecule has 1 saturated heterocycles. The lowest BCUT2D eigenvalue weighted by Gasteiger charge is -2.14. The van der Waals surface area contributed by atoms with Gasteiger partial charge in [-0.3, -0.25) is 0 Å². The Labute approximate surface area is 102 Å². The lowest BCUT2D eigenvalue weighted by molar-refractivity contribution is 0.0677. The average molecular weight is 236 g/mol. The Kier molecular flexibility index (Phi) is 4.02. The van der Waals surface area contributed by atoms with Gasteiger partial charge in [-0.2, -0.15) is 0 Å². The first-order valence-corrected chi connectivity index (χ1v) is 6.20. The zero-order valence-corrected chi connectivity index (χ0v) is 10.5. The molecule has 3 heteroatoms. The van der Waals surface area contributed by atoms with Gasteiger partial charge in [-0.05, 0) is 49.9 Å². The first kappa shape index (κ1) is 12.4. The van der Waals surface area contributed by atoms with Crippen LogP contribution < -0.4 is 4.74 Å². The average Bonchev–Trinajstić information content (AvgIpc) is 2.80. The lowest BCUT2D eigenvalue weighted by Crippen LogP contribution is -2.16. The highest BCUT2D eigenvalue weighted by Gasteiger charge is 2.16. The predicted octanol–water partition coefficient (Wildman–Crippen LogP) is 2.61. The Balaban J connectivity index is 1.96. The number of aliphatic hydroxyl groups excluding tert-OH is 1. The minimum absolute atomic E-state index is 0.242. The minimum Gasteiger partial charge on any atom is -0.491 e. The number of aliphatic hydroxyl groups is 1. The summed E-state index contributed by atoms with van der Waals surface area (Å²) in [4.78, 5) is 0. The van der Waals surface area contributed by atoms with Crippen LogP contribution in [0.25, 0.3) is 0 Å². The molecule has 1 aromatic carbocycles. The van der Waals surface area contributed by atoms with Gasteiger partial charge in [0.05, 0.1) is 12.2 Å². The van der Waals surface area contributed by atoms with Crippen molar-refractivity contribution in [1.29, 1.82) is 0 Å². The van der Waals surface area contributed by atoms with Crippen molar-refractivity contribution in [2.24, 2.45) is 0 Å². The smallest absolute Gasteiger partial charge is 0.122 e. The number of benzene rings is 1. The van der Waals surface area contributed by atoms with E-state index in [0.717, 1.165) is 36.3 Å². The topological polar surface area (TPSA) is 38.7 Å². The summed E-state index contributed by atoms with van der Waals surface area (Å²) in [5, 5.41) is 9.48. The molecule has 1 fully saturated rings. The van der Waals surface area contributed by atoms with Crippen LogP contribution in [0.15, 0.2) is 18.2 Å². The minimum atomic E-state index is -0.430. The van der Waals surface area contributed by atoms with Gasteiger partial charge in [-0.25, -0.2) is 0 Å². The molecule has 0 saturated carbocycles. The fourth-order valence-corrected chi connectivity index (χ4v) is 2.05. The van der Waals surface area contributed by atoms with Crippen LogP contribution >= 0.6 is 0 Å². The normalized spacial score (nSPS) is 21.5. The standard InChI is InChI=1S/C14H20O3/c1-10-8-12(11(2)15)5-6-14(10)17-9-13-4-3-7-16-13/h5-6,8,11,13,15H,3-4,7,9H2,1-2H3/t11-,13?/m1/s1. The number of aryl methyl sites for hydroxylation is 1. The predicted molar refractivity (Wildman–Crippen MR) is 66.3 cm³/mol. The first-order valence-electron chi connectivity index (χ1n) is 6.20. The van der Waals surface area contributed by atoms with E-state index in [-0.39, 0.29) is 6.10 Å². The van der Waals surface area contributed by atoms with Crippen LogP contribution in [0.3, 0.4) is 0 Å². The van der Waals surface area contributed by atoms with Crippen LogP contribution in [0.4, 0.5) is 0 Å². The quantitative estimate of drug-likeness (QED) is 0.873. The van der Waals surface area contributed by atoms with Gasteiger partial charge in [0.15, 0.2) is 0 Å². The Morgan fingerprint density at radius 2 is 2.35 bits per heavy atom. The Morgan fingerprint density at radius 1 is 1.53 bits per heavy atom. The van der Waals surface area contributed by atoms with E-state index in [1.165, 1.54) is 0 Å². The molecule has 0 spiro atoms. The lowest BCUT2D eigenvalue weighted by atomic mass is 10.1. The Hall–Kier alpha value is -1.06. The molecule has 1 aromatic rings. The highest BCUT2D eigenvalue weighted by atomic mass is 16.5. The second-order valence-corrected chi connectivity index (χ2v) is 4.65. The summed E-state index contributed by atoms with van der Waals surface area (Å²) in [5.41, 5.74) is 1.98. The molecule has 1 aliphatic rings. The molecule has 1 heterocycles. The summed E-state index contributed by atoms with van der Waals surface area (Å²) in [5.74, 6) is 0.880. The monoisotopic (exact) mass is 236 g/mol. The third-order valence-corrected chi connectivity index (χ3v) is 3.13. The summed E-state index contributed by atoms with van der Waals surface area (Å²) >= 11 is 0. The van der Waals surface area contributed by atoms with E-state index in [9.17, 15) is 5.11 Å². The molecule has 2 atom stereocenters. The maximum absolute atomic E-state index is 9.48. The van der Waals surface area contributed by atoms with E-state index in [1.54, 1.807) is 6.92 Å². The van der Waals surface area contributed by atoms with Crippen LogP contribution in [0.1, 0.15) is 37.0 Å². The van der Waals surface area contributed by atoms with Crippen LogP contribution in [0.2, 0.25) is 0 Å². The van der Waals surface area contributed by atoms with E-state index in [4.69, 9.17) is 9.47 Å². The van der Waals surface area contributed by atoms with Crippen molar-refractivity contribution in [2.75, 3.05) is 13.2 Å². The summed E-state index contributed by atoms with van der Waals surface area (Å²) in [6, 6.07) is 5.80. The van der Waals surface area contributed by atoms with Crippen molar-refractivity contribution in [3.05, 3.63) is 29.3 Å². The van der Waals surface area contributed by atoms with E-state index >= 15 is 0 Å². The Bertz CT molecular complexity index is 368. The number of rotatable bonds is 4. The molecule has 2 rings (SSSR count). The SMILES string of the molecule is Cc1cc([C@@H](C)O)ccc1OCC1CCCO1. The molecule has 3 nitrogen and oxygen atoms in total. The van der Waals surface area contributed by atoms with Gasteiger partial charge in [-0.15, -0.1) is 0 Å². The molecule has 94 valence electrons. The number of hydrogen-bond acceptors (Lipinski definition) is 3. The fourth-order valence-electron chi connectivity index (χ4n) is 2.05. The third-order valence-electron chi connectivity index (χ3n) is 3.13. The number of hydrogen-bond donors (Lipinski definition) is 1. The summed E-state index contributed by atoms with van der Waals surface area (Å²) in [6.45, 7) is 5.24. The van der Waals surface area contributed by atoms with Gasteiger partial charge >= 0.3 is 0 Å². The molecule has 1 unspecified atom stereocenters. The fraction of sp³-hybridized carbons (Fsp3) is 0.571. The number of ether oxygens (including phenoxy) is 2. The van der Waals surface area contributed by atoms with Crippen molar-refractivity contribution in [3.63, 3.8) is 0 Å². The van der Waals surface area contributed by atoms with E-state index in [0.29, 0.717) is 6.61 Å². The molecule has 0 aromatic heterocycles. The Morgan fingerprint density at radius 3 is 2.94 bits per heavy atom. The van der Waals surface area contributed by atoms with Crippen LogP contribution in [0, 0.1) is 6.92 Å². The highest BCUT2D eigenvalue weighted by Crippen LogP contribution is 2.23. The van der Waals surface area contributed by atoms with E-state index < -0.39 is 6.10 Å². The maximum atomic E-state index is 9.48. The van der Waals surface area contributed by atoms with Crippen LogP contribution in [-0.4, -0.2) is 24.4 Å². The van der Waals surface area contributed by atoms with Crippen molar-refractivity contribution in [3.8, 4) is 5.75 Å². The van der Waals surface area contributed by atoms with E-state index in [2.05, 4.69) is 0 Å². The van der Waals surface area contributed by atoms with Crippen molar-refractivity contribution < 1.29 is 14.6 Å². The van der Waals surface area contributed by atoms with Crippen LogP contribution in [0.5, 0.6) is 5.75 Å². The molecular weight excluding hydrogens is 216 g/mol. The van der Waals surface area contributed by atoms with Gasteiger partial charge < -0.3 is 14.6 Å². The van der Waals surface area contributed by atoms with Crippen molar-refractivity contribution in [1.82, 2.24) is 0 Å². The second-order valence-electron chi connectivity index (χ2n) is 4.65. The molecule has 0 radical (unpaired) electrons. The summed E-state index contributed by atoms with van der Waals surface area (Å²) < 4.78 is 11.3. The molecule has 1 N–H and O–H groups in total. The van der Waals surface area contributed by atoms with Gasteiger partial charge in [0.2, 0.25) is 0 Å². The summed E-state index contributed by atoms with van der Waals surface area (Å²) in [6.07, 6.45) is 2.03. The summed E-state index contributed by atoms with van der Waals surface area (Å²) in [7, 11) is 0. The van der Waals surface area contributed by atoms with Gasteiger partial charge in [0.1, 0.15) is 12.4 Å². The molecule has 17 heavy (non-hydrogen) atoms. The van der Waals surface area contributed by atoms with Gasteiger partial charge in [0.25, 0.3) is 0 Å². The van der Waals surface area contributed by atoms with Crippen LogP contribution in [-0.2, 0) is 4.74 Å². The van der Waals surface area contributed by atoms with Crippen molar-refractivity contribution >= 4 is 0 Å². The molecule has 1 aliphatic heterocycles. The largest absolute Gasteiger partial charge is 0.491 e. The van der Waals surface area contributed by atoms with Gasteiger partial charge in [0, 0.05) is 6.61 Å². The molecule has 0 aliphatic carbocycles. The zero-order chi connectivity index (χ0) is 12.3. The second kappa shape index (κ2) is 5.52. The molecular formula is C14H20O3. The van der Waals surface area contributed by atoms with Gasteiger partial charge in [-0.1, -0.05) is 6.07 Å².